The largest absolute Gasteiger partial charge is 0.497 e. The molecule has 7 nitrogen and oxygen atoms in total. The first-order valence-corrected chi connectivity index (χ1v) is 12.2. The summed E-state index contributed by atoms with van der Waals surface area (Å²) in [7, 11) is 1.61. The Morgan fingerprint density at radius 1 is 1.00 bits per heavy atom. The molecule has 0 radical (unpaired) electrons. The summed E-state index contributed by atoms with van der Waals surface area (Å²) in [6.45, 7) is 8.10. The van der Waals surface area contributed by atoms with Crippen molar-refractivity contribution in [3.8, 4) is 5.75 Å². The van der Waals surface area contributed by atoms with Crippen LogP contribution < -0.4 is 20.4 Å². The van der Waals surface area contributed by atoms with E-state index in [1.807, 2.05) is 61.7 Å². The average Bonchev–Trinajstić information content (AvgIpc) is 3.20. The Hall–Kier alpha value is -4.13. The number of aryl methyl sites for hydroxylation is 1. The fraction of sp³-hybridized carbons (Fsp3) is 0.276. The van der Waals surface area contributed by atoms with E-state index in [0.717, 1.165) is 41.2 Å². The van der Waals surface area contributed by atoms with Gasteiger partial charge in [-0.2, -0.15) is 0 Å². The Balaban J connectivity index is 1.67. The number of anilines is 1. The Bertz CT molecular complexity index is 1230. The zero-order chi connectivity index (χ0) is 25.7. The summed E-state index contributed by atoms with van der Waals surface area (Å²) in [5.74, 6) is 0.158. The molecule has 2 amide bonds. The predicted octanol–water partition coefficient (Wildman–Crippen LogP) is 3.87. The van der Waals surface area contributed by atoms with Crippen molar-refractivity contribution in [3.63, 3.8) is 0 Å². The fourth-order valence-corrected chi connectivity index (χ4v) is 4.43. The van der Waals surface area contributed by atoms with Gasteiger partial charge in [0.05, 0.1) is 7.11 Å². The normalized spacial score (nSPS) is 18.1. The number of hydrogen-bond donors (Lipinski definition) is 2. The van der Waals surface area contributed by atoms with Crippen LogP contribution in [0.5, 0.6) is 5.75 Å². The van der Waals surface area contributed by atoms with E-state index in [0.29, 0.717) is 5.56 Å². The zero-order valence-electron chi connectivity index (χ0n) is 21.2. The molecule has 1 aliphatic rings. The minimum Gasteiger partial charge on any atom is -0.497 e. The summed E-state index contributed by atoms with van der Waals surface area (Å²) in [4.78, 5) is 28.4. The molecule has 7 heteroatoms. The highest BCUT2D eigenvalue weighted by Gasteiger charge is 2.47. The van der Waals surface area contributed by atoms with Crippen molar-refractivity contribution in [1.82, 2.24) is 10.7 Å². The van der Waals surface area contributed by atoms with Crippen LogP contribution in [0.25, 0.3) is 0 Å². The van der Waals surface area contributed by atoms with Crippen LogP contribution in [0, 0.1) is 6.92 Å². The van der Waals surface area contributed by atoms with E-state index < -0.39 is 12.1 Å². The van der Waals surface area contributed by atoms with Crippen LogP contribution in [0.15, 0.2) is 72.8 Å². The molecular weight excluding hydrogens is 452 g/mol. The molecule has 36 heavy (non-hydrogen) atoms. The molecule has 0 spiro atoms. The standard InChI is InChI=1S/C29H32N4O3/c1-5-32(6-2)24-15-9-21(10-16-24)19-33-27(22-13-17-25(36-4)18-14-22)26(29(35)31-33)30-28(34)23-11-7-20(3)8-12-23/h7-19,26-27H,5-6H2,1-4H3,(H-,30,31,34,35)/p+1/t26-,27+/m0/s1. The molecule has 0 unspecified atom stereocenters. The van der Waals surface area contributed by atoms with Gasteiger partial charge in [0.25, 0.3) is 5.91 Å². The molecule has 1 aliphatic heterocycles. The zero-order valence-corrected chi connectivity index (χ0v) is 21.2. The lowest BCUT2D eigenvalue weighted by atomic mass is 9.99. The van der Waals surface area contributed by atoms with Gasteiger partial charge >= 0.3 is 5.91 Å². The lowest BCUT2D eigenvalue weighted by Gasteiger charge is -2.20. The number of carbonyl (C=O) groups excluding carboxylic acids is 2. The van der Waals surface area contributed by atoms with Gasteiger partial charge in [-0.3, -0.25) is 9.59 Å². The summed E-state index contributed by atoms with van der Waals surface area (Å²) in [6, 6.07) is 21.8. The Morgan fingerprint density at radius 2 is 1.64 bits per heavy atom. The molecule has 0 saturated carbocycles. The first-order valence-electron chi connectivity index (χ1n) is 12.2. The summed E-state index contributed by atoms with van der Waals surface area (Å²) >= 11 is 0. The lowest BCUT2D eigenvalue weighted by molar-refractivity contribution is -0.596. The Morgan fingerprint density at radius 3 is 2.22 bits per heavy atom. The van der Waals surface area contributed by atoms with Gasteiger partial charge in [-0.1, -0.05) is 17.7 Å². The van der Waals surface area contributed by atoms with Gasteiger partial charge in [0.2, 0.25) is 12.3 Å². The molecule has 0 bridgehead atoms. The first kappa shape index (κ1) is 25.0. The molecule has 4 rings (SSSR count). The van der Waals surface area contributed by atoms with Gasteiger partial charge in [0.1, 0.15) is 5.75 Å². The van der Waals surface area contributed by atoms with Crippen molar-refractivity contribution < 1.29 is 19.0 Å². The van der Waals surface area contributed by atoms with E-state index in [1.54, 1.807) is 23.9 Å². The summed E-state index contributed by atoms with van der Waals surface area (Å²) < 4.78 is 7.08. The van der Waals surface area contributed by atoms with Crippen molar-refractivity contribution in [2.45, 2.75) is 32.9 Å². The highest BCUT2D eigenvalue weighted by molar-refractivity contribution is 5.98. The number of nitrogens with zero attached hydrogens (tertiary/aromatic N) is 2. The number of hydrazine groups is 1. The molecule has 3 aromatic carbocycles. The van der Waals surface area contributed by atoms with Crippen LogP contribution in [0.4, 0.5) is 5.69 Å². The maximum atomic E-state index is 13.1. The topological polar surface area (TPSA) is 73.7 Å². The van der Waals surface area contributed by atoms with Crippen LogP contribution in [-0.4, -0.2) is 49.0 Å². The van der Waals surface area contributed by atoms with E-state index in [1.165, 1.54) is 0 Å². The molecule has 1 heterocycles. The lowest BCUT2D eigenvalue weighted by Crippen LogP contribution is -2.42. The smallest absolute Gasteiger partial charge is 0.304 e. The van der Waals surface area contributed by atoms with Crippen LogP contribution >= 0.6 is 0 Å². The quantitative estimate of drug-likeness (QED) is 0.475. The van der Waals surface area contributed by atoms with Gasteiger partial charge in [-0.25, -0.2) is 0 Å². The van der Waals surface area contributed by atoms with Gasteiger partial charge in [-0.15, -0.1) is 10.1 Å². The highest BCUT2D eigenvalue weighted by Crippen LogP contribution is 2.27. The van der Waals surface area contributed by atoms with Gasteiger partial charge in [0, 0.05) is 35.5 Å². The fourth-order valence-electron chi connectivity index (χ4n) is 4.43. The number of rotatable bonds is 8. The highest BCUT2D eigenvalue weighted by atomic mass is 16.5. The molecule has 2 N–H and O–H groups in total. The van der Waals surface area contributed by atoms with Crippen molar-refractivity contribution in [2.24, 2.45) is 0 Å². The number of hydrogen-bond acceptors (Lipinski definition) is 4. The predicted molar refractivity (Wildman–Crippen MR) is 142 cm³/mol. The number of nitrogens with one attached hydrogen (secondary N) is 2. The molecule has 0 aromatic heterocycles. The summed E-state index contributed by atoms with van der Waals surface area (Å²) in [5, 5.41) is 2.95. The molecule has 1 saturated heterocycles. The number of carbonyl (C=O) groups is 2. The van der Waals surface area contributed by atoms with Gasteiger partial charge < -0.3 is 15.0 Å². The molecule has 0 aliphatic carbocycles. The number of ether oxygens (including phenoxy) is 1. The number of benzene rings is 3. The van der Waals surface area contributed by atoms with Gasteiger partial charge in [0.15, 0.2) is 6.04 Å². The number of amides is 2. The van der Waals surface area contributed by atoms with Crippen LogP contribution in [0.1, 0.15) is 46.9 Å². The third-order valence-electron chi connectivity index (χ3n) is 6.50. The maximum Gasteiger partial charge on any atom is 0.304 e. The average molecular weight is 486 g/mol. The second-order valence-electron chi connectivity index (χ2n) is 8.81. The number of methoxy groups -OCH3 is 1. The second-order valence-corrected chi connectivity index (χ2v) is 8.81. The summed E-state index contributed by atoms with van der Waals surface area (Å²) in [5.41, 5.74) is 7.48. The van der Waals surface area contributed by atoms with Crippen LogP contribution in [-0.2, 0) is 4.79 Å². The number of hydrazone groups is 1. The Kier molecular flexibility index (Phi) is 7.68. The molecular formula is C29H33N4O3+. The molecule has 3 aromatic rings. The maximum absolute atomic E-state index is 13.1. The summed E-state index contributed by atoms with van der Waals surface area (Å²) in [6.07, 6.45) is 1.90. The van der Waals surface area contributed by atoms with Crippen LogP contribution in [0.3, 0.4) is 0 Å². The second kappa shape index (κ2) is 11.1. The van der Waals surface area contributed by atoms with Gasteiger partial charge in [-0.05, 0) is 81.4 Å². The van der Waals surface area contributed by atoms with E-state index in [4.69, 9.17) is 4.74 Å². The minimum absolute atomic E-state index is 0.271. The molecule has 2 atom stereocenters. The minimum atomic E-state index is -0.779. The monoisotopic (exact) mass is 485 g/mol. The van der Waals surface area contributed by atoms with Crippen molar-refractivity contribution in [2.75, 3.05) is 25.1 Å². The SMILES string of the molecule is CCN(CC)c1ccc(/C=[N+]2\NC(=O)[C@@H](NC(=O)c3ccc(C)cc3)[C@H]2c2ccc(OC)cc2)cc1. The van der Waals surface area contributed by atoms with Crippen molar-refractivity contribution in [3.05, 3.63) is 95.1 Å². The first-order chi connectivity index (χ1) is 17.4. The third kappa shape index (κ3) is 5.40. The van der Waals surface area contributed by atoms with E-state index in [2.05, 4.69) is 41.6 Å². The Labute approximate surface area is 212 Å². The van der Waals surface area contributed by atoms with E-state index >= 15 is 0 Å². The van der Waals surface area contributed by atoms with Crippen molar-refractivity contribution >= 4 is 23.7 Å². The molecule has 1 fully saturated rings. The van der Waals surface area contributed by atoms with E-state index in [-0.39, 0.29) is 11.8 Å². The van der Waals surface area contributed by atoms with Crippen LogP contribution in [0.2, 0.25) is 0 Å². The third-order valence-corrected chi connectivity index (χ3v) is 6.50. The van der Waals surface area contributed by atoms with Crippen molar-refractivity contribution in [1.29, 1.82) is 0 Å². The molecule has 186 valence electrons. The van der Waals surface area contributed by atoms with E-state index in [9.17, 15) is 9.59 Å².